The molecule has 1 heterocycles. The van der Waals surface area contributed by atoms with Crippen LogP contribution in [0.1, 0.15) is 32.3 Å². The predicted molar refractivity (Wildman–Crippen MR) is 85.0 cm³/mol. The third-order valence-electron chi connectivity index (χ3n) is 3.43. The van der Waals surface area contributed by atoms with E-state index in [1.54, 1.807) is 12.1 Å². The number of sulfonamides is 1. The summed E-state index contributed by atoms with van der Waals surface area (Å²) in [5.74, 6) is 0.295. The highest BCUT2D eigenvalue weighted by Crippen LogP contribution is 2.31. The van der Waals surface area contributed by atoms with Crippen molar-refractivity contribution in [1.29, 1.82) is 0 Å². The van der Waals surface area contributed by atoms with Gasteiger partial charge >= 0.3 is 0 Å². The third kappa shape index (κ3) is 3.97. The fourth-order valence-electron chi connectivity index (χ4n) is 2.57. The maximum absolute atomic E-state index is 11.8. The normalized spacial score (nSPS) is 15.0. The second-order valence-corrected chi connectivity index (χ2v) is 7.84. The largest absolute Gasteiger partial charge is 0.326 e. The first kappa shape index (κ1) is 15.8. The molecule has 1 aromatic carbocycles. The van der Waals surface area contributed by atoms with Gasteiger partial charge < -0.3 is 5.32 Å². The first-order valence-corrected chi connectivity index (χ1v) is 9.02. The van der Waals surface area contributed by atoms with Crippen LogP contribution in [0.15, 0.2) is 18.2 Å². The lowest BCUT2D eigenvalue weighted by Gasteiger charge is -2.29. The molecule has 0 unspecified atom stereocenters. The minimum Gasteiger partial charge on any atom is -0.326 e. The number of nitrogens with zero attached hydrogens (tertiary/aromatic N) is 1. The fourth-order valence-corrected chi connectivity index (χ4v) is 3.56. The van der Waals surface area contributed by atoms with E-state index in [2.05, 4.69) is 5.32 Å². The summed E-state index contributed by atoms with van der Waals surface area (Å²) in [5, 5.41) is 2.87. The van der Waals surface area contributed by atoms with E-state index in [1.807, 2.05) is 19.9 Å². The summed E-state index contributed by atoms with van der Waals surface area (Å²) in [6.07, 6.45) is 3.33. The molecule has 0 saturated heterocycles. The zero-order valence-corrected chi connectivity index (χ0v) is 13.5. The van der Waals surface area contributed by atoms with Crippen molar-refractivity contribution >= 4 is 27.3 Å². The van der Waals surface area contributed by atoms with Gasteiger partial charge in [0.1, 0.15) is 0 Å². The molecule has 5 nitrogen and oxygen atoms in total. The Bertz CT molecular complexity index is 638. The minimum atomic E-state index is -3.25. The highest BCUT2D eigenvalue weighted by molar-refractivity contribution is 7.92. The number of carbonyl (C=O) groups excluding carboxylic acids is 1. The van der Waals surface area contributed by atoms with Crippen molar-refractivity contribution in [1.82, 2.24) is 0 Å². The Hall–Kier alpha value is -1.56. The molecule has 0 aliphatic carbocycles. The van der Waals surface area contributed by atoms with Crippen molar-refractivity contribution in [3.63, 3.8) is 0 Å². The van der Waals surface area contributed by atoms with Gasteiger partial charge in [0.15, 0.2) is 0 Å². The molecule has 0 bridgehead atoms. The Morgan fingerprint density at radius 2 is 2.10 bits per heavy atom. The molecule has 21 heavy (non-hydrogen) atoms. The summed E-state index contributed by atoms with van der Waals surface area (Å²) < 4.78 is 25.0. The summed E-state index contributed by atoms with van der Waals surface area (Å²) in [6, 6.07) is 5.42. The van der Waals surface area contributed by atoms with Crippen LogP contribution < -0.4 is 9.62 Å². The van der Waals surface area contributed by atoms with E-state index in [-0.39, 0.29) is 5.91 Å². The number of fused-ring (bicyclic) bond motifs is 1. The molecular weight excluding hydrogens is 288 g/mol. The molecule has 2 rings (SSSR count). The van der Waals surface area contributed by atoms with Gasteiger partial charge in [-0.2, -0.15) is 0 Å². The maximum atomic E-state index is 11.8. The summed E-state index contributed by atoms with van der Waals surface area (Å²) in [4.78, 5) is 11.8. The Balaban J connectivity index is 2.22. The van der Waals surface area contributed by atoms with Gasteiger partial charge in [0.25, 0.3) is 0 Å². The van der Waals surface area contributed by atoms with Crippen LogP contribution in [-0.4, -0.2) is 27.1 Å². The Kier molecular flexibility index (Phi) is 4.56. The molecule has 1 amide bonds. The van der Waals surface area contributed by atoms with Gasteiger partial charge in [-0.25, -0.2) is 8.42 Å². The van der Waals surface area contributed by atoms with E-state index in [4.69, 9.17) is 0 Å². The van der Waals surface area contributed by atoms with Crippen LogP contribution in [-0.2, 0) is 21.2 Å². The lowest BCUT2D eigenvalue weighted by molar-refractivity contribution is -0.116. The molecule has 1 N–H and O–H groups in total. The second-order valence-electron chi connectivity index (χ2n) is 5.93. The van der Waals surface area contributed by atoms with Crippen molar-refractivity contribution in [2.75, 3.05) is 22.4 Å². The van der Waals surface area contributed by atoms with E-state index in [0.717, 1.165) is 29.8 Å². The number of hydrogen-bond acceptors (Lipinski definition) is 3. The summed E-state index contributed by atoms with van der Waals surface area (Å²) >= 11 is 0. The molecule has 1 aliphatic rings. The van der Waals surface area contributed by atoms with Crippen molar-refractivity contribution < 1.29 is 13.2 Å². The van der Waals surface area contributed by atoms with Gasteiger partial charge in [0.05, 0.1) is 11.9 Å². The molecule has 6 heteroatoms. The molecule has 0 fully saturated rings. The number of aryl methyl sites for hydroxylation is 1. The molecule has 1 aliphatic heterocycles. The molecule has 0 radical (unpaired) electrons. The molecule has 0 atom stereocenters. The van der Waals surface area contributed by atoms with E-state index in [0.29, 0.717) is 18.9 Å². The molecule has 116 valence electrons. The second kappa shape index (κ2) is 6.05. The SMILES string of the molecule is CC(C)CC(=O)Nc1ccc2c(c1)CCCN2S(C)(=O)=O. The Morgan fingerprint density at radius 1 is 1.38 bits per heavy atom. The van der Waals surface area contributed by atoms with Crippen molar-refractivity contribution in [2.45, 2.75) is 33.1 Å². The topological polar surface area (TPSA) is 66.5 Å². The van der Waals surface area contributed by atoms with Crippen LogP contribution in [0.25, 0.3) is 0 Å². The highest BCUT2D eigenvalue weighted by Gasteiger charge is 2.24. The monoisotopic (exact) mass is 310 g/mol. The van der Waals surface area contributed by atoms with E-state index < -0.39 is 10.0 Å². The van der Waals surface area contributed by atoms with Crippen LogP contribution >= 0.6 is 0 Å². The number of anilines is 2. The van der Waals surface area contributed by atoms with Gasteiger partial charge in [-0.05, 0) is 42.5 Å². The lowest BCUT2D eigenvalue weighted by atomic mass is 10.0. The lowest BCUT2D eigenvalue weighted by Crippen LogP contribution is -2.34. The first-order chi connectivity index (χ1) is 9.77. The van der Waals surface area contributed by atoms with Crippen molar-refractivity contribution in [2.24, 2.45) is 5.92 Å². The predicted octanol–water partition coefficient (Wildman–Crippen LogP) is 2.38. The number of rotatable bonds is 4. The summed E-state index contributed by atoms with van der Waals surface area (Å²) in [6.45, 7) is 4.51. The first-order valence-electron chi connectivity index (χ1n) is 7.18. The number of carbonyl (C=O) groups is 1. The van der Waals surface area contributed by atoms with Crippen LogP contribution in [0.4, 0.5) is 11.4 Å². The van der Waals surface area contributed by atoms with Crippen LogP contribution in [0.5, 0.6) is 0 Å². The molecule has 0 spiro atoms. The average molecular weight is 310 g/mol. The van der Waals surface area contributed by atoms with E-state index in [1.165, 1.54) is 10.6 Å². The van der Waals surface area contributed by atoms with Crippen LogP contribution in [0.2, 0.25) is 0 Å². The van der Waals surface area contributed by atoms with E-state index in [9.17, 15) is 13.2 Å². The third-order valence-corrected chi connectivity index (χ3v) is 4.61. The van der Waals surface area contributed by atoms with Gasteiger partial charge in [-0.3, -0.25) is 9.10 Å². The summed E-state index contributed by atoms with van der Waals surface area (Å²) in [7, 11) is -3.25. The van der Waals surface area contributed by atoms with Gasteiger partial charge in [0.2, 0.25) is 15.9 Å². The van der Waals surface area contributed by atoms with Gasteiger partial charge in [-0.1, -0.05) is 13.8 Å². The summed E-state index contributed by atoms with van der Waals surface area (Å²) in [5.41, 5.74) is 2.43. The Morgan fingerprint density at radius 3 is 2.71 bits per heavy atom. The van der Waals surface area contributed by atoms with Gasteiger partial charge in [0, 0.05) is 18.7 Å². The molecular formula is C15H22N2O3S. The number of nitrogens with one attached hydrogen (secondary N) is 1. The van der Waals surface area contributed by atoms with E-state index >= 15 is 0 Å². The van der Waals surface area contributed by atoms with Crippen LogP contribution in [0, 0.1) is 5.92 Å². The maximum Gasteiger partial charge on any atom is 0.232 e. The average Bonchev–Trinajstić information content (AvgIpc) is 2.35. The zero-order valence-electron chi connectivity index (χ0n) is 12.7. The fraction of sp³-hybridized carbons (Fsp3) is 0.533. The highest BCUT2D eigenvalue weighted by atomic mass is 32.2. The van der Waals surface area contributed by atoms with Gasteiger partial charge in [-0.15, -0.1) is 0 Å². The smallest absolute Gasteiger partial charge is 0.232 e. The van der Waals surface area contributed by atoms with Crippen molar-refractivity contribution in [3.05, 3.63) is 23.8 Å². The number of benzene rings is 1. The molecule has 0 saturated carbocycles. The number of hydrogen-bond donors (Lipinski definition) is 1. The molecule has 1 aromatic rings. The van der Waals surface area contributed by atoms with Crippen LogP contribution in [0.3, 0.4) is 0 Å². The zero-order chi connectivity index (χ0) is 15.6. The van der Waals surface area contributed by atoms with Crippen molar-refractivity contribution in [3.8, 4) is 0 Å². The minimum absolute atomic E-state index is 0.0132. The quantitative estimate of drug-likeness (QED) is 0.928. The Labute approximate surface area is 126 Å². The number of amides is 1. The molecule has 0 aromatic heterocycles. The standard InChI is InChI=1S/C15H22N2O3S/c1-11(2)9-15(18)16-13-6-7-14-12(10-13)5-4-8-17(14)21(3,19)20/h6-7,10-11H,4-5,8-9H2,1-3H3,(H,16,18).